The first-order valence-corrected chi connectivity index (χ1v) is 8.98. The van der Waals surface area contributed by atoms with Gasteiger partial charge < -0.3 is 4.90 Å². The lowest BCUT2D eigenvalue weighted by Crippen LogP contribution is -2.36. The molecule has 1 aliphatic rings. The average Bonchev–Trinajstić information content (AvgIpc) is 2.53. The highest BCUT2D eigenvalue weighted by Gasteiger charge is 2.24. The second kappa shape index (κ2) is 6.35. The SMILES string of the molecule is CC1CCCC(N(C)c2nc3ccccc3cc2CBr)C1. The molecule has 2 nitrogen and oxygen atoms in total. The van der Waals surface area contributed by atoms with Gasteiger partial charge in [0.2, 0.25) is 0 Å². The minimum atomic E-state index is 0.625. The zero-order valence-corrected chi connectivity index (χ0v) is 14.4. The van der Waals surface area contributed by atoms with Crippen molar-refractivity contribution in [3.05, 3.63) is 35.9 Å². The van der Waals surface area contributed by atoms with Crippen LogP contribution in [0.1, 0.15) is 38.2 Å². The molecule has 0 N–H and O–H groups in total. The normalized spacial score (nSPS) is 22.4. The fraction of sp³-hybridized carbons (Fsp3) is 0.500. The molecule has 0 amide bonds. The third-order valence-electron chi connectivity index (χ3n) is 4.71. The van der Waals surface area contributed by atoms with Gasteiger partial charge in [-0.3, -0.25) is 0 Å². The Morgan fingerprint density at radius 2 is 2.10 bits per heavy atom. The van der Waals surface area contributed by atoms with Gasteiger partial charge in [0.25, 0.3) is 0 Å². The van der Waals surface area contributed by atoms with Crippen molar-refractivity contribution in [1.29, 1.82) is 0 Å². The van der Waals surface area contributed by atoms with Crippen LogP contribution >= 0.6 is 15.9 Å². The standard InChI is InChI=1S/C18H23BrN2/c1-13-6-5-8-16(10-13)21(2)18-15(12-19)11-14-7-3-4-9-17(14)20-18/h3-4,7,9,11,13,16H,5-6,8,10,12H2,1-2H3. The van der Waals surface area contributed by atoms with Gasteiger partial charge in [0.05, 0.1) is 5.52 Å². The Balaban J connectivity index is 1.97. The van der Waals surface area contributed by atoms with Crippen molar-refractivity contribution in [3.8, 4) is 0 Å². The van der Waals surface area contributed by atoms with Crippen molar-refractivity contribution in [1.82, 2.24) is 4.98 Å². The lowest BCUT2D eigenvalue weighted by molar-refractivity contribution is 0.335. The zero-order valence-electron chi connectivity index (χ0n) is 12.8. The first-order chi connectivity index (χ1) is 10.2. The number of pyridine rings is 1. The smallest absolute Gasteiger partial charge is 0.133 e. The summed E-state index contributed by atoms with van der Waals surface area (Å²) in [7, 11) is 2.21. The highest BCUT2D eigenvalue weighted by molar-refractivity contribution is 9.08. The Bertz CT molecular complexity index is 626. The minimum absolute atomic E-state index is 0.625. The number of aromatic nitrogens is 1. The van der Waals surface area contributed by atoms with Gasteiger partial charge in [0.15, 0.2) is 0 Å². The number of hydrogen-bond donors (Lipinski definition) is 0. The molecular weight excluding hydrogens is 324 g/mol. The minimum Gasteiger partial charge on any atom is -0.356 e. The van der Waals surface area contributed by atoms with Gasteiger partial charge in [-0.05, 0) is 30.9 Å². The van der Waals surface area contributed by atoms with E-state index in [2.05, 4.69) is 65.1 Å². The van der Waals surface area contributed by atoms with Crippen LogP contribution in [0, 0.1) is 5.92 Å². The van der Waals surface area contributed by atoms with Gasteiger partial charge in [-0.1, -0.05) is 53.9 Å². The fourth-order valence-corrected chi connectivity index (χ4v) is 3.89. The van der Waals surface area contributed by atoms with Gasteiger partial charge in [0.1, 0.15) is 5.82 Å². The molecule has 0 radical (unpaired) electrons. The molecule has 1 aliphatic carbocycles. The van der Waals surface area contributed by atoms with E-state index in [9.17, 15) is 0 Å². The molecule has 0 aliphatic heterocycles. The van der Waals surface area contributed by atoms with E-state index in [0.29, 0.717) is 6.04 Å². The molecule has 1 fully saturated rings. The van der Waals surface area contributed by atoms with Gasteiger partial charge in [-0.15, -0.1) is 0 Å². The summed E-state index contributed by atoms with van der Waals surface area (Å²) in [5.74, 6) is 1.98. The van der Waals surface area contributed by atoms with Crippen LogP contribution in [0.25, 0.3) is 10.9 Å². The third-order valence-corrected chi connectivity index (χ3v) is 5.32. The van der Waals surface area contributed by atoms with Crippen molar-refractivity contribution in [2.75, 3.05) is 11.9 Å². The summed E-state index contributed by atoms with van der Waals surface area (Å²) in [5, 5.41) is 2.08. The molecule has 0 bridgehead atoms. The van der Waals surface area contributed by atoms with Crippen LogP contribution in [-0.2, 0) is 5.33 Å². The van der Waals surface area contributed by atoms with Crippen LogP contribution in [0.3, 0.4) is 0 Å². The van der Waals surface area contributed by atoms with Crippen LogP contribution in [0.4, 0.5) is 5.82 Å². The van der Waals surface area contributed by atoms with E-state index in [-0.39, 0.29) is 0 Å². The fourth-order valence-electron chi connectivity index (χ4n) is 3.48. The first-order valence-electron chi connectivity index (χ1n) is 7.86. The van der Waals surface area contributed by atoms with Gasteiger partial charge >= 0.3 is 0 Å². The third kappa shape index (κ3) is 3.08. The summed E-state index contributed by atoms with van der Waals surface area (Å²) in [4.78, 5) is 7.36. The Morgan fingerprint density at radius 3 is 2.86 bits per heavy atom. The van der Waals surface area contributed by atoms with Crippen molar-refractivity contribution < 1.29 is 0 Å². The van der Waals surface area contributed by atoms with Crippen molar-refractivity contribution in [3.63, 3.8) is 0 Å². The molecule has 2 aromatic rings. The summed E-state index contributed by atoms with van der Waals surface area (Å²) in [6, 6.07) is 11.3. The quantitative estimate of drug-likeness (QED) is 0.715. The maximum absolute atomic E-state index is 4.94. The molecule has 0 spiro atoms. The summed E-state index contributed by atoms with van der Waals surface area (Å²) in [6.07, 6.45) is 5.29. The number of anilines is 1. The van der Waals surface area contributed by atoms with Crippen LogP contribution in [0.2, 0.25) is 0 Å². The monoisotopic (exact) mass is 346 g/mol. The largest absolute Gasteiger partial charge is 0.356 e. The zero-order chi connectivity index (χ0) is 14.8. The molecule has 21 heavy (non-hydrogen) atoms. The molecule has 3 rings (SSSR count). The molecule has 1 saturated carbocycles. The molecule has 2 unspecified atom stereocenters. The number of rotatable bonds is 3. The van der Waals surface area contributed by atoms with E-state index in [1.165, 1.54) is 36.6 Å². The highest BCUT2D eigenvalue weighted by atomic mass is 79.9. The van der Waals surface area contributed by atoms with Crippen LogP contribution in [-0.4, -0.2) is 18.1 Å². The van der Waals surface area contributed by atoms with E-state index in [1.807, 2.05) is 0 Å². The molecular formula is C18H23BrN2. The topological polar surface area (TPSA) is 16.1 Å². The predicted molar refractivity (Wildman–Crippen MR) is 94.2 cm³/mol. The molecule has 0 saturated heterocycles. The second-order valence-corrected chi connectivity index (χ2v) is 6.89. The second-order valence-electron chi connectivity index (χ2n) is 6.33. The molecule has 1 heterocycles. The predicted octanol–water partition coefficient (Wildman–Crippen LogP) is 5.14. The van der Waals surface area contributed by atoms with Gasteiger partial charge in [-0.25, -0.2) is 4.98 Å². The maximum Gasteiger partial charge on any atom is 0.133 e. The lowest BCUT2D eigenvalue weighted by atomic mass is 9.86. The molecule has 112 valence electrons. The number of benzene rings is 1. The van der Waals surface area contributed by atoms with E-state index >= 15 is 0 Å². The first kappa shape index (κ1) is 14.8. The Kier molecular flexibility index (Phi) is 4.48. The molecule has 2 atom stereocenters. The number of halogens is 1. The summed E-state index contributed by atoms with van der Waals surface area (Å²) in [5.41, 5.74) is 2.38. The van der Waals surface area contributed by atoms with Crippen LogP contribution < -0.4 is 4.90 Å². The molecule has 1 aromatic carbocycles. The summed E-state index contributed by atoms with van der Waals surface area (Å²) in [6.45, 7) is 2.37. The number of hydrogen-bond acceptors (Lipinski definition) is 2. The van der Waals surface area contributed by atoms with Gasteiger partial charge in [-0.2, -0.15) is 0 Å². The maximum atomic E-state index is 4.94. The Hall–Kier alpha value is -1.09. The number of para-hydroxylation sites is 1. The van der Waals surface area contributed by atoms with Crippen molar-refractivity contribution >= 4 is 32.7 Å². The highest BCUT2D eigenvalue weighted by Crippen LogP contribution is 2.32. The van der Waals surface area contributed by atoms with E-state index < -0.39 is 0 Å². The summed E-state index contributed by atoms with van der Waals surface area (Å²) >= 11 is 3.63. The molecule has 1 aromatic heterocycles. The van der Waals surface area contributed by atoms with Crippen molar-refractivity contribution in [2.24, 2.45) is 5.92 Å². The summed E-state index contributed by atoms with van der Waals surface area (Å²) < 4.78 is 0. The van der Waals surface area contributed by atoms with Crippen molar-refractivity contribution in [2.45, 2.75) is 44.0 Å². The lowest BCUT2D eigenvalue weighted by Gasteiger charge is -2.35. The molecule has 3 heteroatoms. The Morgan fingerprint density at radius 1 is 1.29 bits per heavy atom. The van der Waals surface area contributed by atoms with Crippen LogP contribution in [0.5, 0.6) is 0 Å². The van der Waals surface area contributed by atoms with Gasteiger partial charge in [0, 0.05) is 29.4 Å². The number of alkyl halides is 1. The number of fused-ring (bicyclic) bond motifs is 1. The van der Waals surface area contributed by atoms with E-state index in [0.717, 1.165) is 22.6 Å². The number of nitrogens with zero attached hydrogens (tertiary/aromatic N) is 2. The van der Waals surface area contributed by atoms with Crippen LogP contribution in [0.15, 0.2) is 30.3 Å². The average molecular weight is 347 g/mol. The van der Waals surface area contributed by atoms with E-state index in [1.54, 1.807) is 0 Å². The Labute approximate surface area is 135 Å². The van der Waals surface area contributed by atoms with E-state index in [4.69, 9.17) is 4.98 Å².